The predicted octanol–water partition coefficient (Wildman–Crippen LogP) is 10.1. The molecule has 6 aromatic carbocycles. The Labute approximate surface area is 241 Å². The van der Waals surface area contributed by atoms with Gasteiger partial charge in [0.2, 0.25) is 0 Å². The van der Waals surface area contributed by atoms with Crippen molar-refractivity contribution in [1.82, 2.24) is 15.0 Å². The minimum Gasteiger partial charge on any atom is -0.245 e. The maximum absolute atomic E-state index is 5.06. The summed E-state index contributed by atoms with van der Waals surface area (Å²) in [5, 5.41) is 3.51. The Hall–Kier alpha value is -5.19. The Kier molecular flexibility index (Phi) is 5.64. The van der Waals surface area contributed by atoms with E-state index >= 15 is 0 Å². The molecule has 0 atom stereocenters. The summed E-state index contributed by atoms with van der Waals surface area (Å²) in [4.78, 5) is 14.5. The number of thiazole rings is 1. The highest BCUT2D eigenvalue weighted by molar-refractivity contribution is 7.17. The fraction of sp³-hybridized carbons (Fsp3) is 0. The molecule has 4 heteroatoms. The van der Waals surface area contributed by atoms with E-state index in [-0.39, 0.29) is 0 Å². The molecule has 0 saturated heterocycles. The highest BCUT2D eigenvalue weighted by Gasteiger charge is 2.16. The van der Waals surface area contributed by atoms with Crippen LogP contribution in [0.3, 0.4) is 0 Å². The molecule has 2 aromatic heterocycles. The molecule has 192 valence electrons. The lowest BCUT2D eigenvalue weighted by Crippen LogP contribution is -1.95. The van der Waals surface area contributed by atoms with Crippen LogP contribution < -0.4 is 0 Å². The number of nitrogens with zero attached hydrogens (tertiary/aromatic N) is 3. The molecular formula is C37H23N3S. The Morgan fingerprint density at radius 3 is 2.07 bits per heavy atom. The molecule has 0 radical (unpaired) electrons. The van der Waals surface area contributed by atoms with Gasteiger partial charge in [0, 0.05) is 22.1 Å². The Morgan fingerprint density at radius 2 is 1.20 bits per heavy atom. The highest BCUT2D eigenvalue weighted by Crippen LogP contribution is 2.42. The zero-order chi connectivity index (χ0) is 27.2. The van der Waals surface area contributed by atoms with E-state index < -0.39 is 0 Å². The second-order valence-electron chi connectivity index (χ2n) is 10.1. The molecule has 0 N–H and O–H groups in total. The molecule has 8 rings (SSSR count). The van der Waals surface area contributed by atoms with Crippen LogP contribution in [0.25, 0.3) is 76.8 Å². The molecule has 0 fully saturated rings. The molecule has 0 aliphatic heterocycles. The Morgan fingerprint density at radius 1 is 0.463 bits per heavy atom. The first-order chi connectivity index (χ1) is 20.3. The lowest BCUT2D eigenvalue weighted by molar-refractivity contribution is 1.23. The summed E-state index contributed by atoms with van der Waals surface area (Å²) in [6.45, 7) is 0. The van der Waals surface area contributed by atoms with Gasteiger partial charge in [-0.1, -0.05) is 121 Å². The Bertz CT molecular complexity index is 2200. The van der Waals surface area contributed by atoms with Gasteiger partial charge in [-0.2, -0.15) is 0 Å². The monoisotopic (exact) mass is 541 g/mol. The summed E-state index contributed by atoms with van der Waals surface area (Å²) in [6, 6.07) is 46.7. The van der Waals surface area contributed by atoms with Crippen molar-refractivity contribution in [1.29, 1.82) is 0 Å². The van der Waals surface area contributed by atoms with Crippen molar-refractivity contribution in [2.24, 2.45) is 0 Å². The van der Waals surface area contributed by atoms with Crippen LogP contribution in [0.2, 0.25) is 0 Å². The van der Waals surface area contributed by atoms with E-state index in [1.807, 2.05) is 35.8 Å². The van der Waals surface area contributed by atoms with Crippen molar-refractivity contribution in [3.8, 4) is 44.9 Å². The van der Waals surface area contributed by atoms with Crippen LogP contribution in [0.15, 0.2) is 139 Å². The van der Waals surface area contributed by atoms with Crippen LogP contribution >= 0.6 is 11.3 Å². The van der Waals surface area contributed by atoms with Crippen molar-refractivity contribution in [3.05, 3.63) is 139 Å². The minimum absolute atomic E-state index is 0.734. The van der Waals surface area contributed by atoms with E-state index in [1.54, 1.807) is 11.3 Å². The van der Waals surface area contributed by atoms with E-state index in [4.69, 9.17) is 9.97 Å². The van der Waals surface area contributed by atoms with E-state index in [2.05, 4.69) is 108 Å². The van der Waals surface area contributed by atoms with Crippen molar-refractivity contribution in [3.63, 3.8) is 0 Å². The van der Waals surface area contributed by atoms with E-state index in [0.29, 0.717) is 0 Å². The number of rotatable bonds is 4. The fourth-order valence-corrected chi connectivity index (χ4v) is 6.52. The predicted molar refractivity (Wildman–Crippen MR) is 172 cm³/mol. The minimum atomic E-state index is 0.734. The number of hydrogen-bond acceptors (Lipinski definition) is 4. The van der Waals surface area contributed by atoms with Gasteiger partial charge in [-0.15, -0.1) is 11.3 Å². The molecule has 0 saturated carbocycles. The van der Waals surface area contributed by atoms with Crippen molar-refractivity contribution in [2.45, 2.75) is 0 Å². The van der Waals surface area contributed by atoms with Gasteiger partial charge in [-0.3, -0.25) is 0 Å². The summed E-state index contributed by atoms with van der Waals surface area (Å²) in [5.41, 5.74) is 11.7. The Balaban J connectivity index is 1.31. The lowest BCUT2D eigenvalue weighted by atomic mass is 9.89. The zero-order valence-corrected chi connectivity index (χ0v) is 22.8. The van der Waals surface area contributed by atoms with Crippen LogP contribution in [0.4, 0.5) is 0 Å². The van der Waals surface area contributed by atoms with E-state index in [0.717, 1.165) is 44.6 Å². The summed E-state index contributed by atoms with van der Waals surface area (Å²) in [5.74, 6) is 0.734. The van der Waals surface area contributed by atoms with Gasteiger partial charge < -0.3 is 0 Å². The number of aromatic nitrogens is 3. The molecule has 0 amide bonds. The maximum Gasteiger partial charge on any atom is 0.160 e. The number of hydrogen-bond donors (Lipinski definition) is 0. The lowest BCUT2D eigenvalue weighted by Gasteiger charge is -2.15. The molecule has 41 heavy (non-hydrogen) atoms. The first-order valence-corrected chi connectivity index (χ1v) is 14.5. The van der Waals surface area contributed by atoms with Crippen LogP contribution in [0.5, 0.6) is 0 Å². The highest BCUT2D eigenvalue weighted by atomic mass is 32.1. The summed E-state index contributed by atoms with van der Waals surface area (Å²) >= 11 is 1.70. The van der Waals surface area contributed by atoms with Crippen LogP contribution in [-0.2, 0) is 0 Å². The molecule has 3 nitrogen and oxygen atoms in total. The molecular weight excluding hydrogens is 518 g/mol. The van der Waals surface area contributed by atoms with Gasteiger partial charge in [0.1, 0.15) is 0 Å². The summed E-state index contributed by atoms with van der Waals surface area (Å²) < 4.78 is 1.21. The number of benzene rings is 6. The van der Waals surface area contributed by atoms with Crippen molar-refractivity contribution < 1.29 is 0 Å². The van der Waals surface area contributed by atoms with Gasteiger partial charge in [0.25, 0.3) is 0 Å². The normalized spacial score (nSPS) is 11.4. The maximum atomic E-state index is 5.06. The number of fused-ring (bicyclic) bond motifs is 3. The topological polar surface area (TPSA) is 38.7 Å². The molecule has 0 aliphatic carbocycles. The fourth-order valence-electron chi connectivity index (χ4n) is 5.71. The van der Waals surface area contributed by atoms with Crippen LogP contribution in [-0.4, -0.2) is 15.0 Å². The van der Waals surface area contributed by atoms with Gasteiger partial charge in [0.15, 0.2) is 5.82 Å². The third-order valence-electron chi connectivity index (χ3n) is 7.66. The van der Waals surface area contributed by atoms with Crippen LogP contribution in [0, 0.1) is 0 Å². The average Bonchev–Trinajstić information content (AvgIpc) is 3.54. The first-order valence-electron chi connectivity index (χ1n) is 13.6. The third-order valence-corrected chi connectivity index (χ3v) is 8.54. The smallest absolute Gasteiger partial charge is 0.160 e. The second kappa shape index (κ2) is 9.77. The summed E-state index contributed by atoms with van der Waals surface area (Å²) in [6.07, 6.45) is 0. The van der Waals surface area contributed by atoms with E-state index in [1.165, 1.54) is 32.2 Å². The largest absolute Gasteiger partial charge is 0.245 e. The number of para-hydroxylation sites is 1. The van der Waals surface area contributed by atoms with Gasteiger partial charge in [-0.25, -0.2) is 15.0 Å². The first kappa shape index (κ1) is 23.7. The molecule has 0 aliphatic rings. The summed E-state index contributed by atoms with van der Waals surface area (Å²) in [7, 11) is 0. The van der Waals surface area contributed by atoms with Crippen molar-refractivity contribution >= 4 is 43.2 Å². The van der Waals surface area contributed by atoms with Crippen LogP contribution in [0.1, 0.15) is 0 Å². The van der Waals surface area contributed by atoms with Gasteiger partial charge in [-0.05, 0) is 39.6 Å². The SMILES string of the molecule is c1ccc(-c2nc(-c3ccc(-c4ccc5ccccc5c4-c4cccc5ncsc45)cc3)c3ccccc3n2)cc1. The standard InChI is InChI=1S/C37H23N3S/c1-2-10-27(11-3-1)37-39-32-15-7-6-13-30(32)35(40-37)26-19-17-25(18-20-26)29-22-21-24-9-4-5-12-28(24)34(29)31-14-8-16-33-36(31)41-23-38-33/h1-23H. The van der Waals surface area contributed by atoms with Gasteiger partial charge in [0.05, 0.1) is 26.9 Å². The molecule has 0 unspecified atom stereocenters. The molecule has 0 spiro atoms. The van der Waals surface area contributed by atoms with E-state index in [9.17, 15) is 0 Å². The third kappa shape index (κ3) is 4.08. The van der Waals surface area contributed by atoms with Crippen molar-refractivity contribution in [2.75, 3.05) is 0 Å². The zero-order valence-electron chi connectivity index (χ0n) is 22.0. The molecule has 0 bridgehead atoms. The van der Waals surface area contributed by atoms with Gasteiger partial charge >= 0.3 is 0 Å². The molecule has 2 heterocycles. The quantitative estimate of drug-likeness (QED) is 0.222. The second-order valence-corrected chi connectivity index (χ2v) is 10.9. The average molecular weight is 542 g/mol. The molecule has 8 aromatic rings.